The maximum absolute atomic E-state index is 13.7. The molecule has 7 rings (SSSR count). The third kappa shape index (κ3) is 9.95. The highest BCUT2D eigenvalue weighted by Gasteiger charge is 2.43. The molecule has 2 atom stereocenters. The zero-order valence-electron chi connectivity index (χ0n) is 37.5. The molecule has 0 aliphatic carbocycles. The third-order valence-electron chi connectivity index (χ3n) is 12.0. The summed E-state index contributed by atoms with van der Waals surface area (Å²) in [4.78, 5) is 70.0. The minimum absolute atomic E-state index is 0.0300. The summed E-state index contributed by atoms with van der Waals surface area (Å²) in [5.41, 5.74) is -2.37. The summed E-state index contributed by atoms with van der Waals surface area (Å²) in [5.74, 6) is -6.52. The molecule has 1 saturated heterocycles. The van der Waals surface area contributed by atoms with Gasteiger partial charge in [0.15, 0.2) is 21.3 Å². The van der Waals surface area contributed by atoms with Crippen LogP contribution in [0.2, 0.25) is 15.1 Å². The fourth-order valence-corrected chi connectivity index (χ4v) is 13.0. The van der Waals surface area contributed by atoms with Crippen molar-refractivity contribution in [2.45, 2.75) is 131 Å². The van der Waals surface area contributed by atoms with Crippen molar-refractivity contribution in [1.82, 2.24) is 10.4 Å². The van der Waals surface area contributed by atoms with Gasteiger partial charge in [-0.1, -0.05) is 55.1 Å². The highest BCUT2D eigenvalue weighted by molar-refractivity contribution is 8.00. The number of carboxylic acids is 1. The molecular weight excluding hydrogens is 1010 g/mol. The van der Waals surface area contributed by atoms with Gasteiger partial charge in [-0.15, -0.1) is 16.8 Å². The van der Waals surface area contributed by atoms with E-state index in [9.17, 15) is 55.0 Å². The average Bonchev–Trinajstić information content (AvgIpc) is 3.51. The van der Waals surface area contributed by atoms with Gasteiger partial charge in [0, 0.05) is 58.2 Å². The highest BCUT2D eigenvalue weighted by atomic mass is 35.5. The van der Waals surface area contributed by atoms with Crippen LogP contribution < -0.4 is 25.9 Å². The van der Waals surface area contributed by atoms with Gasteiger partial charge in [-0.25, -0.2) is 9.59 Å². The third-order valence-corrected chi connectivity index (χ3v) is 16.4. The molecule has 68 heavy (non-hydrogen) atoms. The summed E-state index contributed by atoms with van der Waals surface area (Å²) in [6.07, 6.45) is 1.96. The Balaban J connectivity index is 1.36. The molecule has 3 amide bonds. The van der Waals surface area contributed by atoms with Crippen molar-refractivity contribution in [2.24, 2.45) is 4.99 Å². The van der Waals surface area contributed by atoms with Crippen LogP contribution in [-0.2, 0) is 44.3 Å². The Kier molecular flexibility index (Phi) is 14.1. The fourth-order valence-electron chi connectivity index (χ4n) is 9.36. The molecule has 0 bridgehead atoms. The normalized spacial score (nSPS) is 19.2. The first-order valence-corrected chi connectivity index (χ1v) is 26.4. The number of carboxylic acid groups (broad SMARTS) is 1. The Morgan fingerprint density at radius 2 is 1.53 bits per heavy atom. The summed E-state index contributed by atoms with van der Waals surface area (Å²) in [6.45, 7) is 10.9. The van der Waals surface area contributed by atoms with Crippen molar-refractivity contribution < 1.29 is 64.6 Å². The van der Waals surface area contributed by atoms with Crippen LogP contribution >= 0.6 is 46.6 Å². The molecule has 4 aliphatic rings. The van der Waals surface area contributed by atoms with E-state index < -0.39 is 105 Å². The molecule has 2 unspecified atom stereocenters. The van der Waals surface area contributed by atoms with E-state index in [4.69, 9.17) is 44.4 Å². The summed E-state index contributed by atoms with van der Waals surface area (Å²) in [6, 6.07) is 3.05. The standard InChI is InChI=1S/C44H47Cl3N4O14S3/c1-19-16-43(3,4)49-35-21(19)14-23-29(24-15-22-20(2)17-44(5,6)50-36(22)41(68(61,62)63)38(24)64-37(23)40(35)67(58,59)60)30-31(42(56)57)32(45)34(47)39(33(30)46)66-18-25(52)48-13-9-7-8-10-28(55)65-51-26(53)11-12-27(51)54/h14-15,19-20,49H,7-13,16-18H2,1-6H3,(H,48,52)(H,56,57)(H,58,59,60)(H,61,62,63). The Labute approximate surface area is 410 Å². The number of carbonyl (C=O) groups excluding carboxylic acids is 4. The Hall–Kier alpha value is -4.48. The topological polar surface area (TPSA) is 272 Å². The lowest BCUT2D eigenvalue weighted by Crippen LogP contribution is -2.39. The monoisotopic (exact) mass is 1060 g/mol. The molecule has 0 saturated carbocycles. The van der Waals surface area contributed by atoms with Gasteiger partial charge in [-0.05, 0) is 88.5 Å². The Morgan fingerprint density at radius 1 is 0.897 bits per heavy atom. The van der Waals surface area contributed by atoms with Crippen molar-refractivity contribution >= 4 is 108 Å². The van der Waals surface area contributed by atoms with Gasteiger partial charge in [0.2, 0.25) is 5.91 Å². The number of carbonyl (C=O) groups is 5. The summed E-state index contributed by atoms with van der Waals surface area (Å²) < 4.78 is 83.0. The molecule has 1 fully saturated rings. The fraction of sp³-hybridized carbons (Fsp3) is 0.455. The van der Waals surface area contributed by atoms with Crippen LogP contribution in [-0.4, -0.2) is 89.1 Å². The predicted molar refractivity (Wildman–Crippen MR) is 251 cm³/mol. The number of imide groups is 1. The lowest BCUT2D eigenvalue weighted by atomic mass is 9.79. The zero-order valence-corrected chi connectivity index (χ0v) is 42.2. The first-order chi connectivity index (χ1) is 31.5. The maximum atomic E-state index is 13.7. The van der Waals surface area contributed by atoms with E-state index in [1.165, 1.54) is 12.1 Å². The largest absolute Gasteiger partial charge is 0.478 e. The van der Waals surface area contributed by atoms with E-state index >= 15 is 0 Å². The number of hydrogen-bond acceptors (Lipinski definition) is 14. The van der Waals surface area contributed by atoms with Crippen LogP contribution in [0.3, 0.4) is 0 Å². The molecule has 4 heterocycles. The second-order valence-corrected chi connectivity index (χ2v) is 23.3. The summed E-state index contributed by atoms with van der Waals surface area (Å²) in [7, 11) is -10.6. The number of rotatable bonds is 14. The molecule has 0 radical (unpaired) electrons. The van der Waals surface area contributed by atoms with E-state index in [1.54, 1.807) is 13.8 Å². The van der Waals surface area contributed by atoms with Crippen LogP contribution in [0.25, 0.3) is 5.57 Å². The second-order valence-electron chi connectivity index (χ2n) is 18.5. The molecule has 3 aromatic rings. The number of halogens is 3. The first kappa shape index (κ1) is 51.4. The van der Waals surface area contributed by atoms with Gasteiger partial charge < -0.3 is 25.3 Å². The summed E-state index contributed by atoms with van der Waals surface area (Å²) in [5, 5.41) is 15.7. The van der Waals surface area contributed by atoms with Crippen LogP contribution in [0.1, 0.15) is 137 Å². The smallest absolute Gasteiger partial charge is 0.337 e. The van der Waals surface area contributed by atoms with E-state index in [-0.39, 0.29) is 79.5 Å². The lowest BCUT2D eigenvalue weighted by molar-refractivity contribution is -0.197. The number of unbranched alkanes of at least 4 members (excludes halogenated alkanes) is 2. The number of amides is 3. The van der Waals surface area contributed by atoms with Crippen LogP contribution in [0.4, 0.5) is 5.69 Å². The van der Waals surface area contributed by atoms with Gasteiger partial charge in [0.05, 0.1) is 43.0 Å². The lowest BCUT2D eigenvalue weighted by Gasteiger charge is -2.40. The van der Waals surface area contributed by atoms with Crippen LogP contribution in [0, 0.1) is 0 Å². The van der Waals surface area contributed by atoms with Crippen molar-refractivity contribution in [2.75, 3.05) is 17.6 Å². The molecule has 0 spiro atoms. The number of nitrogens with zero attached hydrogens (tertiary/aromatic N) is 2. The van der Waals surface area contributed by atoms with Crippen LogP contribution in [0.15, 0.2) is 31.8 Å². The predicted octanol–water partition coefficient (Wildman–Crippen LogP) is 7.17. The molecular formula is C44H47Cl3N4O14S3. The van der Waals surface area contributed by atoms with Gasteiger partial charge in [-0.3, -0.25) is 28.5 Å². The molecule has 24 heteroatoms. The van der Waals surface area contributed by atoms with Crippen LogP contribution in [0.5, 0.6) is 11.5 Å². The number of benzene rings is 3. The molecule has 18 nitrogen and oxygen atoms in total. The SMILES string of the molecule is CC1CC(C)(C)Nc2c1cc1c(c2S(=O)(=O)O)Oc2c(S(=O)(=O)O)c3c(cc2=C1c1c(Cl)c(SCC(=O)NCCCCCC(=O)ON2C(=O)CCC2=O)c(Cl)c(Cl)c1C(=O)O)C(C)CC(C)(C)N=3. The summed E-state index contributed by atoms with van der Waals surface area (Å²) >= 11 is 21.6. The van der Waals surface area contributed by atoms with Gasteiger partial charge in [-0.2, -0.15) is 16.8 Å². The van der Waals surface area contributed by atoms with Gasteiger partial charge >= 0.3 is 11.9 Å². The number of thioether (sulfide) groups is 1. The quantitative estimate of drug-likeness (QED) is 0.0275. The van der Waals surface area contributed by atoms with E-state index in [0.717, 1.165) is 11.8 Å². The van der Waals surface area contributed by atoms with Gasteiger partial charge in [0.1, 0.15) is 0 Å². The second kappa shape index (κ2) is 18.7. The highest BCUT2D eigenvalue weighted by Crippen LogP contribution is 2.54. The average molecular weight is 1060 g/mol. The van der Waals surface area contributed by atoms with E-state index in [1.807, 2.05) is 27.7 Å². The maximum Gasteiger partial charge on any atom is 0.337 e. The van der Waals surface area contributed by atoms with Crippen molar-refractivity contribution in [3.8, 4) is 11.5 Å². The zero-order chi connectivity index (χ0) is 50.2. The number of aromatic carboxylic acids is 1. The minimum Gasteiger partial charge on any atom is -0.478 e. The number of anilines is 1. The Bertz CT molecular complexity index is 3090. The van der Waals surface area contributed by atoms with Crippen molar-refractivity contribution in [3.05, 3.63) is 65.6 Å². The molecule has 5 N–H and O–H groups in total. The first-order valence-electron chi connectivity index (χ1n) is 21.4. The minimum atomic E-state index is -5.31. The molecule has 366 valence electrons. The molecule has 3 aromatic carbocycles. The number of fused-ring (bicyclic) bond motifs is 4. The Morgan fingerprint density at radius 3 is 2.15 bits per heavy atom. The van der Waals surface area contributed by atoms with E-state index in [0.29, 0.717) is 48.3 Å². The number of nitrogens with one attached hydrogen (secondary N) is 2. The number of ether oxygens (including phenoxy) is 1. The van der Waals surface area contributed by atoms with E-state index in [2.05, 4.69) is 15.6 Å². The molecule has 4 aliphatic heterocycles. The van der Waals surface area contributed by atoms with Crippen molar-refractivity contribution in [1.29, 1.82) is 0 Å². The van der Waals surface area contributed by atoms with Gasteiger partial charge in [0.25, 0.3) is 32.1 Å². The van der Waals surface area contributed by atoms with Crippen molar-refractivity contribution in [3.63, 3.8) is 0 Å². The number of hydrogen-bond donors (Lipinski definition) is 5. The molecule has 0 aromatic heterocycles. The number of hydroxylamine groups is 2.